The number of carbonyl (C=O) groups is 3. The predicted octanol–water partition coefficient (Wildman–Crippen LogP) is 3.32. The highest BCUT2D eigenvalue weighted by Crippen LogP contribution is 2.77. The third-order valence-corrected chi connectivity index (χ3v) is 9.01. The van der Waals surface area contributed by atoms with E-state index in [4.69, 9.17) is 0 Å². The van der Waals surface area contributed by atoms with E-state index in [1.807, 2.05) is 60.7 Å². The Morgan fingerprint density at radius 1 is 0.903 bits per heavy atom. The maximum atomic E-state index is 14.1. The van der Waals surface area contributed by atoms with Gasteiger partial charge in [0.25, 0.3) is 0 Å². The van der Waals surface area contributed by atoms with Crippen molar-refractivity contribution in [3.8, 4) is 0 Å². The van der Waals surface area contributed by atoms with Gasteiger partial charge in [-0.05, 0) is 36.1 Å². The molecular formula is C25H22BrNO4. The van der Waals surface area contributed by atoms with Crippen LogP contribution in [0.2, 0.25) is 0 Å². The van der Waals surface area contributed by atoms with Gasteiger partial charge in [-0.15, -0.1) is 0 Å². The number of alkyl halides is 1. The van der Waals surface area contributed by atoms with Gasteiger partial charge in [-0.3, -0.25) is 19.3 Å². The molecule has 2 bridgehead atoms. The van der Waals surface area contributed by atoms with E-state index in [0.29, 0.717) is 0 Å². The SMILES string of the molecule is CC12C(=O)C(C)(C(c3ccccc3)=C1c1ccccc1)C1(Br)C(=O)N(CCO)C(=O)C21. The number of nitrogens with zero attached hydrogens (tertiary/aromatic N) is 1. The molecule has 1 N–H and O–H groups in total. The Labute approximate surface area is 188 Å². The molecule has 0 aromatic heterocycles. The third kappa shape index (κ3) is 2.12. The first-order valence-corrected chi connectivity index (χ1v) is 11.1. The largest absolute Gasteiger partial charge is 0.395 e. The van der Waals surface area contributed by atoms with Crippen LogP contribution in [0, 0.1) is 16.7 Å². The lowest BCUT2D eigenvalue weighted by Gasteiger charge is -2.41. The van der Waals surface area contributed by atoms with Gasteiger partial charge in [0.05, 0.1) is 29.9 Å². The molecule has 5 rings (SSSR count). The normalized spacial score (nSPS) is 34.1. The number of amides is 2. The van der Waals surface area contributed by atoms with Crippen LogP contribution in [0.25, 0.3) is 11.1 Å². The highest BCUT2D eigenvalue weighted by atomic mass is 79.9. The summed E-state index contributed by atoms with van der Waals surface area (Å²) >= 11 is 3.67. The Kier molecular flexibility index (Phi) is 4.24. The first-order chi connectivity index (χ1) is 14.8. The zero-order valence-electron chi connectivity index (χ0n) is 17.3. The molecule has 31 heavy (non-hydrogen) atoms. The number of carbonyl (C=O) groups excluding carboxylic acids is 3. The molecule has 4 unspecified atom stereocenters. The lowest BCUT2D eigenvalue weighted by molar-refractivity contribution is -0.144. The van der Waals surface area contributed by atoms with Gasteiger partial charge < -0.3 is 5.11 Å². The van der Waals surface area contributed by atoms with Gasteiger partial charge in [0, 0.05) is 0 Å². The van der Waals surface area contributed by atoms with Crippen molar-refractivity contribution in [3.63, 3.8) is 0 Å². The Morgan fingerprint density at radius 3 is 1.94 bits per heavy atom. The first-order valence-electron chi connectivity index (χ1n) is 10.3. The van der Waals surface area contributed by atoms with Crippen molar-refractivity contribution in [2.45, 2.75) is 18.2 Å². The number of hydrogen-bond acceptors (Lipinski definition) is 4. The van der Waals surface area contributed by atoms with Crippen molar-refractivity contribution in [2.75, 3.05) is 13.2 Å². The summed E-state index contributed by atoms with van der Waals surface area (Å²) in [5.74, 6) is -1.85. The summed E-state index contributed by atoms with van der Waals surface area (Å²) < 4.78 is -1.39. The second kappa shape index (κ2) is 6.47. The number of aliphatic hydroxyl groups is 1. The van der Waals surface area contributed by atoms with Gasteiger partial charge in [0.2, 0.25) is 11.8 Å². The number of rotatable bonds is 4. The molecule has 6 heteroatoms. The number of likely N-dealkylation sites (tertiary alicyclic amines) is 1. The Morgan fingerprint density at radius 2 is 1.42 bits per heavy atom. The number of fused-ring (bicyclic) bond motifs is 5. The molecule has 1 aliphatic heterocycles. The molecule has 0 radical (unpaired) electrons. The van der Waals surface area contributed by atoms with Crippen molar-refractivity contribution >= 4 is 44.7 Å². The highest BCUT2D eigenvalue weighted by molar-refractivity contribution is 9.10. The van der Waals surface area contributed by atoms with Crippen molar-refractivity contribution < 1.29 is 19.5 Å². The van der Waals surface area contributed by atoms with Crippen LogP contribution in [0.3, 0.4) is 0 Å². The molecule has 1 saturated heterocycles. The molecule has 2 aromatic carbocycles. The van der Waals surface area contributed by atoms with Crippen LogP contribution in [-0.2, 0) is 14.4 Å². The quantitative estimate of drug-likeness (QED) is 0.539. The predicted molar refractivity (Wildman–Crippen MR) is 120 cm³/mol. The number of imide groups is 1. The second-order valence-corrected chi connectivity index (χ2v) is 10.1. The van der Waals surface area contributed by atoms with Gasteiger partial charge >= 0.3 is 0 Å². The monoisotopic (exact) mass is 479 g/mol. The maximum absolute atomic E-state index is 14.1. The summed E-state index contributed by atoms with van der Waals surface area (Å²) in [6.45, 7) is 3.18. The van der Waals surface area contributed by atoms with Crippen LogP contribution in [0.1, 0.15) is 25.0 Å². The van der Waals surface area contributed by atoms with Gasteiger partial charge in [0.15, 0.2) is 5.78 Å². The van der Waals surface area contributed by atoms with Crippen LogP contribution in [0.15, 0.2) is 60.7 Å². The molecule has 2 aromatic rings. The fraction of sp³-hybridized carbons (Fsp3) is 0.320. The topological polar surface area (TPSA) is 74.7 Å². The summed E-state index contributed by atoms with van der Waals surface area (Å²) in [5, 5.41) is 9.46. The summed E-state index contributed by atoms with van der Waals surface area (Å²) in [6, 6.07) is 19.2. The first kappa shape index (κ1) is 20.3. The van der Waals surface area contributed by atoms with Gasteiger partial charge in [0.1, 0.15) is 4.32 Å². The minimum Gasteiger partial charge on any atom is -0.395 e. The Bertz CT molecular complexity index is 1160. The van der Waals surface area contributed by atoms with E-state index in [0.717, 1.165) is 27.2 Å². The Balaban J connectivity index is 1.88. The summed E-state index contributed by atoms with van der Waals surface area (Å²) in [4.78, 5) is 42.3. The number of allylic oxidation sites excluding steroid dienone is 2. The molecule has 4 atom stereocenters. The second-order valence-electron chi connectivity index (χ2n) is 8.80. The minimum absolute atomic E-state index is 0.0802. The lowest BCUT2D eigenvalue weighted by Crippen LogP contribution is -2.50. The van der Waals surface area contributed by atoms with Crippen LogP contribution in [0.5, 0.6) is 0 Å². The van der Waals surface area contributed by atoms with Crippen LogP contribution < -0.4 is 0 Å². The van der Waals surface area contributed by atoms with Crippen LogP contribution >= 0.6 is 15.9 Å². The van der Waals surface area contributed by atoms with Crippen molar-refractivity contribution in [1.29, 1.82) is 0 Å². The van der Waals surface area contributed by atoms with Crippen LogP contribution in [0.4, 0.5) is 0 Å². The molecule has 2 aliphatic carbocycles. The molecule has 2 fully saturated rings. The molecule has 5 nitrogen and oxygen atoms in total. The minimum atomic E-state index is -1.39. The third-order valence-electron chi connectivity index (χ3n) is 7.42. The molecular weight excluding hydrogens is 458 g/mol. The molecule has 2 amide bonds. The summed E-state index contributed by atoms with van der Waals surface area (Å²) in [7, 11) is 0. The zero-order valence-corrected chi connectivity index (χ0v) is 18.8. The standard InChI is InChI=1S/C25H22BrNO4/c1-23-17(15-9-5-3-6-10-15)18(16-11-7-4-8-12-16)24(2,21(23)30)25(26)19(23)20(29)27(13-14-28)22(25)31/h3-12,19,28H,13-14H2,1-2H3. The van der Waals surface area contributed by atoms with E-state index in [1.54, 1.807) is 13.8 Å². The average Bonchev–Trinajstić information content (AvgIpc) is 3.16. The fourth-order valence-electron chi connectivity index (χ4n) is 6.17. The molecule has 158 valence electrons. The average molecular weight is 480 g/mol. The van der Waals surface area contributed by atoms with E-state index >= 15 is 0 Å². The molecule has 1 saturated carbocycles. The number of β-amino-alcohol motifs (C(OH)–C–C–N with tert-alkyl or cyclic N) is 1. The zero-order chi connectivity index (χ0) is 22.2. The smallest absolute Gasteiger partial charge is 0.248 e. The van der Waals surface area contributed by atoms with Gasteiger partial charge in [-0.2, -0.15) is 0 Å². The number of Topliss-reactive ketones (excluding diaryl/α,β-unsaturated/α-hetero) is 1. The summed E-state index contributed by atoms with van der Waals surface area (Å²) in [5.41, 5.74) is 0.902. The fourth-order valence-corrected chi connectivity index (χ4v) is 7.42. The van der Waals surface area contributed by atoms with E-state index in [9.17, 15) is 19.5 Å². The summed E-state index contributed by atoms with van der Waals surface area (Å²) in [6.07, 6.45) is 0. The van der Waals surface area contributed by atoms with Gasteiger partial charge in [-0.1, -0.05) is 76.6 Å². The lowest BCUT2D eigenvalue weighted by atomic mass is 9.63. The van der Waals surface area contributed by atoms with Gasteiger partial charge in [-0.25, -0.2) is 0 Å². The van der Waals surface area contributed by atoms with E-state index in [1.165, 1.54) is 0 Å². The number of ketones is 1. The Hall–Kier alpha value is -2.57. The number of benzene rings is 2. The maximum Gasteiger partial charge on any atom is 0.248 e. The number of hydrogen-bond donors (Lipinski definition) is 1. The van der Waals surface area contributed by atoms with Crippen molar-refractivity contribution in [1.82, 2.24) is 4.90 Å². The molecule has 0 spiro atoms. The van der Waals surface area contributed by atoms with E-state index in [-0.39, 0.29) is 18.9 Å². The number of aliphatic hydroxyl groups excluding tert-OH is 1. The van der Waals surface area contributed by atoms with E-state index in [2.05, 4.69) is 15.9 Å². The highest BCUT2D eigenvalue weighted by Gasteiger charge is 2.85. The number of halogens is 1. The molecule has 3 aliphatic rings. The van der Waals surface area contributed by atoms with Crippen LogP contribution in [-0.4, -0.2) is 45.1 Å². The van der Waals surface area contributed by atoms with E-state index < -0.39 is 32.9 Å². The van der Waals surface area contributed by atoms with Crippen molar-refractivity contribution in [2.24, 2.45) is 16.7 Å². The van der Waals surface area contributed by atoms with Crippen molar-refractivity contribution in [3.05, 3.63) is 71.8 Å². The molecule has 1 heterocycles.